The van der Waals surface area contributed by atoms with Crippen molar-refractivity contribution in [2.75, 3.05) is 13.1 Å². The van der Waals surface area contributed by atoms with Gasteiger partial charge in [0.2, 0.25) is 17.7 Å². The first-order chi connectivity index (χ1) is 17.8. The maximum Gasteiger partial charge on any atom is 0.408 e. The molecule has 0 fully saturated rings. The summed E-state index contributed by atoms with van der Waals surface area (Å²) in [5.74, 6) is -1.60. The monoisotopic (exact) mass is 532 g/mol. The second-order valence-electron chi connectivity index (χ2n) is 10.9. The number of nitrogens with two attached hydrogens (primary N) is 1. The first kappa shape index (κ1) is 32.9. The van der Waals surface area contributed by atoms with Crippen molar-refractivity contribution in [2.45, 2.75) is 111 Å². The standard InChI is InChI=1S/C29H48N4O5/c1-8-10-12-16-31-26(35)25(22-18-20(3)14-15-21(22)4)33(17-13-11-9-2)27(36)23(19-24(30)34)32-28(37)38-29(5,6)7/h14-15,18,23,25H,8-13,16-17,19H2,1-7H3,(H2,30,34)(H,31,35)(H,32,37). The molecule has 0 spiro atoms. The van der Waals surface area contributed by atoms with Crippen LogP contribution in [0, 0.1) is 13.8 Å². The molecule has 0 saturated carbocycles. The highest BCUT2D eigenvalue weighted by atomic mass is 16.6. The van der Waals surface area contributed by atoms with E-state index in [0.29, 0.717) is 18.5 Å². The Labute approximate surface area is 228 Å². The van der Waals surface area contributed by atoms with Gasteiger partial charge >= 0.3 is 6.09 Å². The van der Waals surface area contributed by atoms with E-state index in [0.717, 1.165) is 43.2 Å². The normalized spacial score (nSPS) is 12.8. The second-order valence-corrected chi connectivity index (χ2v) is 10.9. The number of unbranched alkanes of at least 4 members (excludes halogenated alkanes) is 4. The average molecular weight is 533 g/mol. The fraction of sp³-hybridized carbons (Fsp3) is 0.655. The smallest absolute Gasteiger partial charge is 0.408 e. The minimum atomic E-state index is -1.27. The van der Waals surface area contributed by atoms with Gasteiger partial charge in [0.25, 0.3) is 0 Å². The quantitative estimate of drug-likeness (QED) is 0.288. The number of carbonyl (C=O) groups is 4. The van der Waals surface area contributed by atoms with Gasteiger partial charge in [-0.2, -0.15) is 0 Å². The number of amides is 4. The van der Waals surface area contributed by atoms with Crippen molar-refractivity contribution in [1.82, 2.24) is 15.5 Å². The van der Waals surface area contributed by atoms with Crippen molar-refractivity contribution < 1.29 is 23.9 Å². The molecule has 2 unspecified atom stereocenters. The van der Waals surface area contributed by atoms with E-state index in [2.05, 4.69) is 24.5 Å². The third-order valence-electron chi connectivity index (χ3n) is 6.05. The molecule has 1 aromatic rings. The van der Waals surface area contributed by atoms with Crippen molar-refractivity contribution in [3.8, 4) is 0 Å². The van der Waals surface area contributed by atoms with Gasteiger partial charge in [-0.1, -0.05) is 63.3 Å². The van der Waals surface area contributed by atoms with E-state index in [1.165, 1.54) is 4.90 Å². The Morgan fingerprint density at radius 3 is 2.21 bits per heavy atom. The Morgan fingerprint density at radius 1 is 1.00 bits per heavy atom. The topological polar surface area (TPSA) is 131 Å². The van der Waals surface area contributed by atoms with Crippen LogP contribution in [-0.4, -0.2) is 53.4 Å². The molecular weight excluding hydrogens is 484 g/mol. The van der Waals surface area contributed by atoms with Crippen LogP contribution in [0.5, 0.6) is 0 Å². The predicted molar refractivity (Wildman–Crippen MR) is 149 cm³/mol. The molecule has 0 saturated heterocycles. The third kappa shape index (κ3) is 11.5. The van der Waals surface area contributed by atoms with E-state index in [-0.39, 0.29) is 12.5 Å². The Kier molecular flexibility index (Phi) is 13.9. The van der Waals surface area contributed by atoms with E-state index in [1.54, 1.807) is 20.8 Å². The number of ether oxygens (including phenoxy) is 1. The number of benzene rings is 1. The summed E-state index contributed by atoms with van der Waals surface area (Å²) >= 11 is 0. The Hall–Kier alpha value is -3.10. The molecule has 9 heteroatoms. The summed E-state index contributed by atoms with van der Waals surface area (Å²) in [5, 5.41) is 5.53. The SMILES string of the molecule is CCCCCNC(=O)C(c1cc(C)ccc1C)N(CCCCC)C(=O)C(CC(N)=O)NC(=O)OC(C)(C)C. The molecule has 1 rings (SSSR count). The number of nitrogens with one attached hydrogen (secondary N) is 2. The van der Waals surface area contributed by atoms with Crippen molar-refractivity contribution in [1.29, 1.82) is 0 Å². The molecule has 4 N–H and O–H groups in total. The van der Waals surface area contributed by atoms with Gasteiger partial charge in [-0.05, 0) is 58.6 Å². The molecule has 0 aliphatic heterocycles. The summed E-state index contributed by atoms with van der Waals surface area (Å²) in [6, 6.07) is 3.59. The number of primary amides is 1. The van der Waals surface area contributed by atoms with Crippen LogP contribution >= 0.6 is 0 Å². The van der Waals surface area contributed by atoms with Crippen LogP contribution in [0.4, 0.5) is 4.79 Å². The highest BCUT2D eigenvalue weighted by molar-refractivity contribution is 5.94. The molecule has 0 aromatic heterocycles. The van der Waals surface area contributed by atoms with Gasteiger partial charge in [-0.3, -0.25) is 14.4 Å². The highest BCUT2D eigenvalue weighted by Crippen LogP contribution is 2.27. The molecule has 0 aliphatic carbocycles. The Balaban J connectivity index is 3.52. The molecule has 0 bridgehead atoms. The van der Waals surface area contributed by atoms with Gasteiger partial charge in [-0.15, -0.1) is 0 Å². The van der Waals surface area contributed by atoms with E-state index in [1.807, 2.05) is 32.0 Å². The van der Waals surface area contributed by atoms with Crippen LogP contribution in [0.1, 0.15) is 102 Å². The van der Waals surface area contributed by atoms with Crippen molar-refractivity contribution in [3.05, 3.63) is 34.9 Å². The highest BCUT2D eigenvalue weighted by Gasteiger charge is 2.37. The molecule has 0 radical (unpaired) electrons. The number of nitrogens with zero attached hydrogens (tertiary/aromatic N) is 1. The second kappa shape index (κ2) is 16.0. The maximum absolute atomic E-state index is 14.0. The fourth-order valence-electron chi connectivity index (χ4n) is 4.14. The minimum absolute atomic E-state index is 0.276. The van der Waals surface area contributed by atoms with Gasteiger partial charge in [0.1, 0.15) is 17.7 Å². The molecule has 4 amide bonds. The van der Waals surface area contributed by atoms with Gasteiger partial charge in [0, 0.05) is 13.1 Å². The molecular formula is C29H48N4O5. The van der Waals surface area contributed by atoms with Crippen molar-refractivity contribution >= 4 is 23.8 Å². The van der Waals surface area contributed by atoms with Crippen LogP contribution in [0.15, 0.2) is 18.2 Å². The molecule has 0 aliphatic rings. The Morgan fingerprint density at radius 2 is 1.63 bits per heavy atom. The molecule has 2 atom stereocenters. The summed E-state index contributed by atoms with van der Waals surface area (Å²) in [6.45, 7) is 13.9. The van der Waals surface area contributed by atoms with Gasteiger partial charge in [0.15, 0.2) is 0 Å². The number of aryl methyl sites for hydroxylation is 2. The van der Waals surface area contributed by atoms with Crippen LogP contribution in [0.3, 0.4) is 0 Å². The summed E-state index contributed by atoms with van der Waals surface area (Å²) in [4.78, 5) is 53.7. The first-order valence-corrected chi connectivity index (χ1v) is 13.7. The lowest BCUT2D eigenvalue weighted by Gasteiger charge is -2.35. The summed E-state index contributed by atoms with van der Waals surface area (Å²) < 4.78 is 5.33. The van der Waals surface area contributed by atoms with Gasteiger partial charge < -0.3 is 26.0 Å². The zero-order valence-corrected chi connectivity index (χ0v) is 24.3. The summed E-state index contributed by atoms with van der Waals surface area (Å²) in [5.41, 5.74) is 7.19. The summed E-state index contributed by atoms with van der Waals surface area (Å²) in [6.07, 6.45) is 4.00. The minimum Gasteiger partial charge on any atom is -0.444 e. The van der Waals surface area contributed by atoms with Crippen LogP contribution < -0.4 is 16.4 Å². The predicted octanol–water partition coefficient (Wildman–Crippen LogP) is 4.44. The van der Waals surface area contributed by atoms with Crippen LogP contribution in [0.2, 0.25) is 0 Å². The zero-order valence-electron chi connectivity index (χ0n) is 24.3. The third-order valence-corrected chi connectivity index (χ3v) is 6.05. The average Bonchev–Trinajstić information content (AvgIpc) is 2.81. The van der Waals surface area contributed by atoms with Crippen LogP contribution in [-0.2, 0) is 19.1 Å². The van der Waals surface area contributed by atoms with Crippen LogP contribution in [0.25, 0.3) is 0 Å². The number of carbonyl (C=O) groups excluding carboxylic acids is 4. The number of hydrogen-bond acceptors (Lipinski definition) is 5. The Bertz CT molecular complexity index is 941. The lowest BCUT2D eigenvalue weighted by atomic mass is 9.95. The van der Waals surface area contributed by atoms with E-state index < -0.39 is 42.0 Å². The lowest BCUT2D eigenvalue weighted by molar-refractivity contribution is -0.143. The van der Waals surface area contributed by atoms with E-state index in [4.69, 9.17) is 10.5 Å². The first-order valence-electron chi connectivity index (χ1n) is 13.7. The van der Waals surface area contributed by atoms with Crippen molar-refractivity contribution in [2.24, 2.45) is 5.73 Å². The molecule has 9 nitrogen and oxygen atoms in total. The lowest BCUT2D eigenvalue weighted by Crippen LogP contribution is -2.54. The number of rotatable bonds is 15. The van der Waals surface area contributed by atoms with Gasteiger partial charge in [-0.25, -0.2) is 4.79 Å². The molecule has 0 heterocycles. The largest absolute Gasteiger partial charge is 0.444 e. The molecule has 214 valence electrons. The fourth-order valence-corrected chi connectivity index (χ4v) is 4.14. The van der Waals surface area contributed by atoms with Crippen molar-refractivity contribution in [3.63, 3.8) is 0 Å². The molecule has 1 aromatic carbocycles. The van der Waals surface area contributed by atoms with Gasteiger partial charge in [0.05, 0.1) is 6.42 Å². The van der Waals surface area contributed by atoms with E-state index in [9.17, 15) is 19.2 Å². The number of hydrogen-bond donors (Lipinski definition) is 3. The van der Waals surface area contributed by atoms with E-state index >= 15 is 0 Å². The molecule has 38 heavy (non-hydrogen) atoms. The number of alkyl carbamates (subject to hydrolysis) is 1. The zero-order chi connectivity index (χ0) is 28.9. The summed E-state index contributed by atoms with van der Waals surface area (Å²) in [7, 11) is 0. The maximum atomic E-state index is 14.0.